The maximum Gasteiger partial charge on any atom is 0.0735 e. The average Bonchev–Trinajstić information content (AvgIpc) is 1.88. The molecule has 1 N–H and O–H groups in total. The Morgan fingerprint density at radius 3 is 2.67 bits per heavy atom. The van der Waals surface area contributed by atoms with Gasteiger partial charge in [-0.3, -0.25) is 0 Å². The molecular weight excluding hydrogens is 150 g/mol. The van der Waals surface area contributed by atoms with Gasteiger partial charge in [-0.25, -0.2) is 0 Å². The maximum atomic E-state index is 5.64. The molecule has 2 aliphatic rings. The first-order chi connectivity index (χ1) is 5.59. The summed E-state index contributed by atoms with van der Waals surface area (Å²) >= 11 is 0. The molecule has 0 radical (unpaired) electrons. The van der Waals surface area contributed by atoms with E-state index in [2.05, 4.69) is 26.1 Å². The van der Waals surface area contributed by atoms with Crippen LogP contribution in [0, 0.1) is 11.3 Å². The first-order valence-electron chi connectivity index (χ1n) is 4.94. The third-order valence-electron chi connectivity index (χ3n) is 3.25. The molecule has 1 saturated heterocycles. The summed E-state index contributed by atoms with van der Waals surface area (Å²) < 4.78 is 5.64. The minimum atomic E-state index is 0.439. The van der Waals surface area contributed by atoms with Crippen LogP contribution in [0.4, 0.5) is 0 Å². The molecule has 0 aromatic rings. The quantitative estimate of drug-likeness (QED) is 0.592. The molecule has 1 aliphatic carbocycles. The highest BCUT2D eigenvalue weighted by Gasteiger charge is 2.48. The van der Waals surface area contributed by atoms with Crippen molar-refractivity contribution in [2.24, 2.45) is 11.3 Å². The smallest absolute Gasteiger partial charge is 0.0735 e. The van der Waals surface area contributed by atoms with Gasteiger partial charge in [-0.15, -0.1) is 0 Å². The second-order valence-electron chi connectivity index (χ2n) is 5.10. The van der Waals surface area contributed by atoms with Gasteiger partial charge in [0.1, 0.15) is 0 Å². The van der Waals surface area contributed by atoms with E-state index in [0.29, 0.717) is 17.6 Å². The molecule has 2 nitrogen and oxygen atoms in total. The highest BCUT2D eigenvalue weighted by Crippen LogP contribution is 2.43. The van der Waals surface area contributed by atoms with Crippen molar-refractivity contribution in [2.45, 2.75) is 39.3 Å². The summed E-state index contributed by atoms with van der Waals surface area (Å²) in [7, 11) is 0. The molecule has 12 heavy (non-hydrogen) atoms. The van der Waals surface area contributed by atoms with Gasteiger partial charge in [-0.05, 0) is 17.8 Å². The van der Waals surface area contributed by atoms with Crippen molar-refractivity contribution in [1.82, 2.24) is 5.32 Å². The lowest BCUT2D eigenvalue weighted by Crippen LogP contribution is -2.63. The van der Waals surface area contributed by atoms with Crippen LogP contribution >= 0.6 is 0 Å². The van der Waals surface area contributed by atoms with E-state index >= 15 is 0 Å². The normalized spacial score (nSPS) is 41.8. The predicted octanol–water partition coefficient (Wildman–Crippen LogP) is 1.41. The number of morpholine rings is 1. The number of nitrogens with one attached hydrogen (secondary N) is 1. The Morgan fingerprint density at radius 1 is 1.33 bits per heavy atom. The lowest BCUT2D eigenvalue weighted by atomic mass is 9.63. The number of hydrogen-bond donors (Lipinski definition) is 1. The molecule has 0 amide bonds. The molecule has 1 heterocycles. The van der Waals surface area contributed by atoms with Crippen LogP contribution in [-0.2, 0) is 4.74 Å². The summed E-state index contributed by atoms with van der Waals surface area (Å²) in [6.45, 7) is 8.91. The molecule has 3 atom stereocenters. The van der Waals surface area contributed by atoms with Crippen LogP contribution in [0.5, 0.6) is 0 Å². The summed E-state index contributed by atoms with van der Waals surface area (Å²) in [4.78, 5) is 0. The van der Waals surface area contributed by atoms with Gasteiger partial charge in [-0.1, -0.05) is 20.8 Å². The summed E-state index contributed by atoms with van der Waals surface area (Å²) in [5, 5.41) is 3.55. The molecule has 3 unspecified atom stereocenters. The highest BCUT2D eigenvalue weighted by molar-refractivity contribution is 5.02. The Morgan fingerprint density at radius 2 is 2.08 bits per heavy atom. The second kappa shape index (κ2) is 2.71. The summed E-state index contributed by atoms with van der Waals surface area (Å²) in [6, 6.07) is 0.638. The van der Waals surface area contributed by atoms with Crippen molar-refractivity contribution in [3.8, 4) is 0 Å². The van der Waals surface area contributed by atoms with Crippen LogP contribution in [0.15, 0.2) is 0 Å². The zero-order chi connectivity index (χ0) is 8.77. The lowest BCUT2D eigenvalue weighted by molar-refractivity contribution is -0.119. The minimum absolute atomic E-state index is 0.439. The van der Waals surface area contributed by atoms with Gasteiger partial charge < -0.3 is 10.1 Å². The van der Waals surface area contributed by atoms with Crippen LogP contribution in [0.3, 0.4) is 0 Å². The van der Waals surface area contributed by atoms with E-state index < -0.39 is 0 Å². The van der Waals surface area contributed by atoms with E-state index in [9.17, 15) is 0 Å². The first-order valence-corrected chi connectivity index (χ1v) is 4.94. The topological polar surface area (TPSA) is 21.3 Å². The molecule has 1 aliphatic heterocycles. The number of hydrogen-bond acceptors (Lipinski definition) is 2. The van der Waals surface area contributed by atoms with Gasteiger partial charge in [0.25, 0.3) is 0 Å². The van der Waals surface area contributed by atoms with Crippen molar-refractivity contribution < 1.29 is 4.74 Å². The molecule has 0 bridgehead atoms. The van der Waals surface area contributed by atoms with Crippen LogP contribution < -0.4 is 5.32 Å². The summed E-state index contributed by atoms with van der Waals surface area (Å²) in [6.07, 6.45) is 1.77. The largest absolute Gasteiger partial charge is 0.375 e. The third kappa shape index (κ3) is 1.27. The Labute approximate surface area is 74.7 Å². The van der Waals surface area contributed by atoms with E-state index in [1.807, 2.05) is 0 Å². The number of rotatable bonds is 0. The third-order valence-corrected chi connectivity index (χ3v) is 3.25. The monoisotopic (exact) mass is 169 g/mol. The number of ether oxygens (including phenoxy) is 1. The predicted molar refractivity (Wildman–Crippen MR) is 49.1 cm³/mol. The zero-order valence-electron chi connectivity index (χ0n) is 8.26. The van der Waals surface area contributed by atoms with Crippen molar-refractivity contribution in [3.05, 3.63) is 0 Å². The Hall–Kier alpha value is -0.0800. The van der Waals surface area contributed by atoms with Gasteiger partial charge in [0, 0.05) is 12.6 Å². The molecule has 2 fully saturated rings. The Balaban J connectivity index is 1.97. The fourth-order valence-electron chi connectivity index (χ4n) is 2.38. The highest BCUT2D eigenvalue weighted by atomic mass is 16.5. The summed E-state index contributed by atoms with van der Waals surface area (Å²) in [5.41, 5.74) is 0.439. The van der Waals surface area contributed by atoms with E-state index in [-0.39, 0.29) is 0 Å². The molecule has 0 aromatic heterocycles. The van der Waals surface area contributed by atoms with Gasteiger partial charge in [0.2, 0.25) is 0 Å². The van der Waals surface area contributed by atoms with Crippen LogP contribution in [-0.4, -0.2) is 25.3 Å². The van der Waals surface area contributed by atoms with E-state index in [4.69, 9.17) is 4.74 Å². The van der Waals surface area contributed by atoms with Crippen molar-refractivity contribution in [1.29, 1.82) is 0 Å². The first kappa shape index (κ1) is 8.52. The maximum absolute atomic E-state index is 5.64. The molecule has 2 heteroatoms. The van der Waals surface area contributed by atoms with Gasteiger partial charge in [0.05, 0.1) is 12.7 Å². The number of fused-ring (bicyclic) bond motifs is 1. The van der Waals surface area contributed by atoms with Gasteiger partial charge >= 0.3 is 0 Å². The molecule has 70 valence electrons. The molecule has 0 aromatic carbocycles. The zero-order valence-corrected chi connectivity index (χ0v) is 8.26. The van der Waals surface area contributed by atoms with Gasteiger partial charge in [0.15, 0.2) is 0 Å². The molecular formula is C10H19NO. The van der Waals surface area contributed by atoms with Crippen molar-refractivity contribution >= 4 is 0 Å². The van der Waals surface area contributed by atoms with E-state index in [1.54, 1.807) is 0 Å². The van der Waals surface area contributed by atoms with Crippen LogP contribution in [0.1, 0.15) is 27.2 Å². The van der Waals surface area contributed by atoms with E-state index in [1.165, 1.54) is 6.42 Å². The fourth-order valence-corrected chi connectivity index (χ4v) is 2.38. The lowest BCUT2D eigenvalue weighted by Gasteiger charge is -2.53. The summed E-state index contributed by atoms with van der Waals surface area (Å²) in [5.74, 6) is 0.808. The van der Waals surface area contributed by atoms with Crippen molar-refractivity contribution in [3.63, 3.8) is 0 Å². The Kier molecular flexibility index (Phi) is 1.92. The minimum Gasteiger partial charge on any atom is -0.375 e. The van der Waals surface area contributed by atoms with Gasteiger partial charge in [-0.2, -0.15) is 0 Å². The molecule has 0 spiro atoms. The average molecular weight is 169 g/mol. The molecule has 2 rings (SSSR count). The standard InChI is InChI=1S/C10H19NO/c1-10(2,3)7-6-8-9(7)11-4-5-12-8/h7-9,11H,4-6H2,1-3H3. The SMILES string of the molecule is CC(C)(C)C1CC2OCCNC21. The van der Waals surface area contributed by atoms with Crippen LogP contribution in [0.25, 0.3) is 0 Å². The Bertz CT molecular complexity index is 173. The fraction of sp³-hybridized carbons (Fsp3) is 1.00. The van der Waals surface area contributed by atoms with E-state index in [0.717, 1.165) is 19.1 Å². The van der Waals surface area contributed by atoms with Crippen LogP contribution in [0.2, 0.25) is 0 Å². The van der Waals surface area contributed by atoms with Crippen molar-refractivity contribution in [2.75, 3.05) is 13.2 Å². The second-order valence-corrected chi connectivity index (χ2v) is 5.10. The molecule has 1 saturated carbocycles.